The minimum absolute atomic E-state index is 0.0487. The van der Waals surface area contributed by atoms with Crippen LogP contribution in [0.1, 0.15) is 91.6 Å². The summed E-state index contributed by atoms with van der Waals surface area (Å²) in [4.78, 5) is 4.85. The highest BCUT2D eigenvalue weighted by Crippen LogP contribution is 2.55. The molecule has 3 aliphatic rings. The molecule has 0 heterocycles. The van der Waals surface area contributed by atoms with E-state index in [1.54, 1.807) is 0 Å². The number of hydrogen-bond donors (Lipinski definition) is 0. The number of nitrogens with zero attached hydrogens (tertiary/aromatic N) is 2. The maximum Gasteiger partial charge on any atom is 0.0465 e. The van der Waals surface area contributed by atoms with E-state index in [1.165, 1.54) is 116 Å². The summed E-state index contributed by atoms with van der Waals surface area (Å²) in [6.07, 6.45) is 0. The van der Waals surface area contributed by atoms with Gasteiger partial charge in [-0.15, -0.1) is 0 Å². The molecule has 11 aromatic rings. The molecule has 0 atom stereocenters. The molecule has 0 spiro atoms. The molecular formula is C76H64N2. The maximum absolute atomic E-state index is 2.45. The third-order valence-electron chi connectivity index (χ3n) is 18.0. The molecule has 0 N–H and O–H groups in total. The van der Waals surface area contributed by atoms with Gasteiger partial charge in [0.2, 0.25) is 0 Å². The molecule has 14 rings (SSSR count). The van der Waals surface area contributed by atoms with Crippen LogP contribution in [0.15, 0.2) is 224 Å². The Hall–Kier alpha value is -8.72. The van der Waals surface area contributed by atoms with Crippen molar-refractivity contribution in [3.05, 3.63) is 275 Å². The Labute approximate surface area is 461 Å². The van der Waals surface area contributed by atoms with Crippen LogP contribution in [0, 0.1) is 20.8 Å². The van der Waals surface area contributed by atoms with Gasteiger partial charge >= 0.3 is 0 Å². The van der Waals surface area contributed by atoms with Crippen molar-refractivity contribution < 1.29 is 0 Å². The van der Waals surface area contributed by atoms with E-state index in [4.69, 9.17) is 0 Å². The van der Waals surface area contributed by atoms with Crippen molar-refractivity contribution in [1.29, 1.82) is 0 Å². The maximum atomic E-state index is 2.45. The second-order valence-electron chi connectivity index (χ2n) is 24.1. The lowest BCUT2D eigenvalue weighted by atomic mass is 9.81. The summed E-state index contributed by atoms with van der Waals surface area (Å²) >= 11 is 0. The van der Waals surface area contributed by atoms with Crippen LogP contribution in [-0.4, -0.2) is 0 Å². The lowest BCUT2D eigenvalue weighted by Gasteiger charge is -2.29. The molecule has 3 aliphatic carbocycles. The largest absolute Gasteiger partial charge is 0.310 e. The van der Waals surface area contributed by atoms with Gasteiger partial charge in [0.25, 0.3) is 0 Å². The summed E-state index contributed by atoms with van der Waals surface area (Å²) in [6, 6.07) is 85.2. The summed E-state index contributed by atoms with van der Waals surface area (Å²) in [5.74, 6) is 0. The Balaban J connectivity index is 0.787. The molecule has 0 bridgehead atoms. The lowest BCUT2D eigenvalue weighted by molar-refractivity contribution is 0.660. The number of benzene rings is 11. The lowest BCUT2D eigenvalue weighted by Crippen LogP contribution is -2.17. The zero-order valence-corrected chi connectivity index (χ0v) is 46.3. The van der Waals surface area contributed by atoms with Gasteiger partial charge < -0.3 is 9.80 Å². The van der Waals surface area contributed by atoms with Crippen molar-refractivity contribution >= 4 is 44.9 Å². The number of fused-ring (bicyclic) bond motifs is 10. The van der Waals surface area contributed by atoms with Crippen LogP contribution in [0.4, 0.5) is 34.1 Å². The molecule has 2 heteroatoms. The number of aryl methyl sites for hydroxylation is 3. The third-order valence-corrected chi connectivity index (χ3v) is 18.0. The average molecular weight is 1010 g/mol. The molecule has 78 heavy (non-hydrogen) atoms. The second-order valence-corrected chi connectivity index (χ2v) is 24.1. The highest BCUT2D eigenvalue weighted by Gasteiger charge is 2.39. The molecule has 0 aliphatic heterocycles. The Morgan fingerprint density at radius 3 is 1.06 bits per heavy atom. The van der Waals surface area contributed by atoms with Gasteiger partial charge in [-0.3, -0.25) is 0 Å². The van der Waals surface area contributed by atoms with E-state index in [2.05, 4.69) is 297 Å². The molecule has 378 valence electrons. The molecule has 0 radical (unpaired) electrons. The molecule has 0 fully saturated rings. The van der Waals surface area contributed by atoms with Crippen LogP contribution in [0.2, 0.25) is 0 Å². The molecule has 0 saturated heterocycles. The van der Waals surface area contributed by atoms with Gasteiger partial charge in [-0.2, -0.15) is 0 Å². The SMILES string of the molecule is Cc1ccc(N(c2ccc(-c3ccc4c(c3)C(C)(C)c3ccccc3-4)cc2)c2ccc3c(c2)C(C)(C)c2cc(N(c4ccc(C)cc4)c4ccc(-c5ccc6c(c5)C(C)(C)c5cc7cc(C)ccc7cc5-6)cc4)ccc2-3)cc1. The van der Waals surface area contributed by atoms with Crippen molar-refractivity contribution in [3.8, 4) is 55.6 Å². The van der Waals surface area contributed by atoms with Gasteiger partial charge in [-0.05, 0) is 218 Å². The van der Waals surface area contributed by atoms with Crippen LogP contribution in [0.3, 0.4) is 0 Å². The van der Waals surface area contributed by atoms with Crippen molar-refractivity contribution in [2.45, 2.75) is 78.6 Å². The van der Waals surface area contributed by atoms with Gasteiger partial charge in [0.15, 0.2) is 0 Å². The van der Waals surface area contributed by atoms with Gasteiger partial charge in [0.05, 0.1) is 0 Å². The van der Waals surface area contributed by atoms with E-state index < -0.39 is 0 Å². The van der Waals surface area contributed by atoms with Crippen LogP contribution in [-0.2, 0) is 16.2 Å². The van der Waals surface area contributed by atoms with Crippen molar-refractivity contribution in [1.82, 2.24) is 0 Å². The minimum Gasteiger partial charge on any atom is -0.310 e. The zero-order chi connectivity index (χ0) is 53.4. The summed E-state index contributed by atoms with van der Waals surface area (Å²) in [5, 5.41) is 2.61. The Kier molecular flexibility index (Phi) is 10.6. The summed E-state index contributed by atoms with van der Waals surface area (Å²) in [5.41, 5.74) is 31.3. The number of rotatable bonds is 8. The normalized spacial score (nSPS) is 14.5. The zero-order valence-electron chi connectivity index (χ0n) is 46.3. The Morgan fingerprint density at radius 1 is 0.231 bits per heavy atom. The van der Waals surface area contributed by atoms with E-state index in [1.807, 2.05) is 0 Å². The molecule has 0 aromatic heterocycles. The fourth-order valence-corrected chi connectivity index (χ4v) is 13.5. The molecule has 0 unspecified atom stereocenters. The molecule has 11 aromatic carbocycles. The minimum atomic E-state index is -0.268. The first-order valence-electron chi connectivity index (χ1n) is 27.8. The first-order valence-corrected chi connectivity index (χ1v) is 27.8. The molecule has 0 amide bonds. The molecule has 0 saturated carbocycles. The van der Waals surface area contributed by atoms with E-state index in [-0.39, 0.29) is 16.2 Å². The van der Waals surface area contributed by atoms with E-state index in [0.29, 0.717) is 0 Å². The first-order chi connectivity index (χ1) is 37.6. The van der Waals surface area contributed by atoms with Crippen molar-refractivity contribution in [2.24, 2.45) is 0 Å². The average Bonchev–Trinajstić information content (AvgIpc) is 4.13. The molecular weight excluding hydrogens is 941 g/mol. The van der Waals surface area contributed by atoms with E-state index in [9.17, 15) is 0 Å². The van der Waals surface area contributed by atoms with E-state index >= 15 is 0 Å². The topological polar surface area (TPSA) is 6.48 Å². The van der Waals surface area contributed by atoms with Crippen LogP contribution >= 0.6 is 0 Å². The van der Waals surface area contributed by atoms with Crippen LogP contribution < -0.4 is 9.80 Å². The molecule has 2 nitrogen and oxygen atoms in total. The van der Waals surface area contributed by atoms with Crippen molar-refractivity contribution in [3.63, 3.8) is 0 Å². The number of hydrogen-bond acceptors (Lipinski definition) is 2. The summed E-state index contributed by atoms with van der Waals surface area (Å²) in [6.45, 7) is 20.8. The van der Waals surface area contributed by atoms with Gasteiger partial charge in [0, 0.05) is 50.4 Å². The quantitative estimate of drug-likeness (QED) is 0.150. The Bertz CT molecular complexity index is 4230. The standard InChI is InChI=1S/C76H64N2/c1-47-15-26-56(27-16-47)77(58-30-20-50(21-31-58)53-24-36-63-62-12-10-11-13-68(62)74(4,5)69(63)42-53)60-34-38-64-65-39-35-61(46-73(65)76(8,9)72(64)45-60)78(57-28-17-48(2)18-29-57)59-32-22-51(23-33-59)54-25-37-66-67-41-52-19-14-49(3)40-55(52)44-71(67)75(6,7)70(66)43-54/h10-46H,1-9H3. The monoisotopic (exact) mass is 1000 g/mol. The highest BCUT2D eigenvalue weighted by atomic mass is 15.1. The number of anilines is 6. The predicted octanol–water partition coefficient (Wildman–Crippen LogP) is 21.0. The smallest absolute Gasteiger partial charge is 0.0465 e. The highest BCUT2D eigenvalue weighted by molar-refractivity contribution is 5.95. The summed E-state index contributed by atoms with van der Waals surface area (Å²) < 4.78 is 0. The van der Waals surface area contributed by atoms with Gasteiger partial charge in [0.1, 0.15) is 0 Å². The first kappa shape index (κ1) is 47.7. The third kappa shape index (κ3) is 7.44. The van der Waals surface area contributed by atoms with Crippen LogP contribution in [0.25, 0.3) is 66.4 Å². The second kappa shape index (κ2) is 17.4. The fraction of sp³-hybridized carbons (Fsp3) is 0.158. The van der Waals surface area contributed by atoms with E-state index in [0.717, 1.165) is 34.1 Å². The van der Waals surface area contributed by atoms with Gasteiger partial charge in [-0.1, -0.05) is 186 Å². The fourth-order valence-electron chi connectivity index (χ4n) is 13.5. The van der Waals surface area contributed by atoms with Crippen LogP contribution in [0.5, 0.6) is 0 Å². The van der Waals surface area contributed by atoms with Crippen molar-refractivity contribution in [2.75, 3.05) is 9.80 Å². The summed E-state index contributed by atoms with van der Waals surface area (Å²) in [7, 11) is 0. The van der Waals surface area contributed by atoms with Gasteiger partial charge in [-0.25, -0.2) is 0 Å². The Morgan fingerprint density at radius 2 is 0.577 bits per heavy atom. The predicted molar refractivity (Wildman–Crippen MR) is 331 cm³/mol.